The third-order valence-electron chi connectivity index (χ3n) is 18.5. The Labute approximate surface area is 578 Å². The van der Waals surface area contributed by atoms with Gasteiger partial charge in [0, 0.05) is 12.8 Å². The number of carboxylic acid groups (broad SMARTS) is 1. The number of quaternary nitrogens is 1. The van der Waals surface area contributed by atoms with E-state index in [-0.39, 0.29) is 32.2 Å². The van der Waals surface area contributed by atoms with Crippen LogP contribution >= 0.6 is 0 Å². The van der Waals surface area contributed by atoms with Gasteiger partial charge in [-0.3, -0.25) is 9.59 Å². The number of unbranched alkanes of at least 4 members (excludes halogenated alkanes) is 54. The van der Waals surface area contributed by atoms with E-state index in [1.54, 1.807) is 0 Å². The minimum absolute atomic E-state index is 0.151. The summed E-state index contributed by atoms with van der Waals surface area (Å²) in [7, 11) is 5.95. The Morgan fingerprint density at radius 3 is 0.849 bits per heavy atom. The Balaban J connectivity index is 3.96. The molecule has 2 atom stereocenters. The van der Waals surface area contributed by atoms with Crippen LogP contribution < -0.4 is 5.11 Å². The van der Waals surface area contributed by atoms with Crippen LogP contribution in [-0.2, 0) is 33.3 Å². The van der Waals surface area contributed by atoms with Crippen LogP contribution in [0.4, 0.5) is 0 Å². The topological polar surface area (TPSA) is 111 Å². The molecule has 0 N–H and O–H groups in total. The van der Waals surface area contributed by atoms with Crippen molar-refractivity contribution in [2.45, 2.75) is 424 Å². The first-order chi connectivity index (χ1) is 45.6. The molecule has 0 rings (SSSR count). The number of likely N-dealkylation sites (N-methyl/N-ethyl adjacent to an activating group) is 1. The first-order valence-electron chi connectivity index (χ1n) is 40.8. The Bertz CT molecular complexity index is 1670. The van der Waals surface area contributed by atoms with Gasteiger partial charge in [-0.2, -0.15) is 0 Å². The van der Waals surface area contributed by atoms with Crippen LogP contribution in [0.1, 0.15) is 412 Å². The first-order valence-corrected chi connectivity index (χ1v) is 40.8. The van der Waals surface area contributed by atoms with Crippen molar-refractivity contribution < 1.29 is 42.9 Å². The molecule has 0 amide bonds. The van der Waals surface area contributed by atoms with Crippen LogP contribution in [0.2, 0.25) is 0 Å². The molecular formula is C84H157NO8. The third-order valence-corrected chi connectivity index (χ3v) is 18.5. The molecule has 0 saturated carbocycles. The van der Waals surface area contributed by atoms with Crippen molar-refractivity contribution in [2.75, 3.05) is 47.5 Å². The summed E-state index contributed by atoms with van der Waals surface area (Å²) in [5.41, 5.74) is 0. The molecule has 0 aromatic rings. The molecule has 2 unspecified atom stereocenters. The number of nitrogens with zero attached hydrogens (tertiary/aromatic N) is 1. The number of hydrogen-bond acceptors (Lipinski definition) is 8. The Morgan fingerprint density at radius 1 is 0.323 bits per heavy atom. The number of rotatable bonds is 77. The van der Waals surface area contributed by atoms with E-state index in [1.165, 1.54) is 334 Å². The van der Waals surface area contributed by atoms with Gasteiger partial charge in [-0.1, -0.05) is 371 Å². The molecule has 0 heterocycles. The maximum absolute atomic E-state index is 13.0. The highest BCUT2D eigenvalue weighted by Gasteiger charge is 2.22. The van der Waals surface area contributed by atoms with Crippen LogP contribution in [0, 0.1) is 0 Å². The quantitative estimate of drug-likeness (QED) is 0.0195. The van der Waals surface area contributed by atoms with Crippen LogP contribution in [0.5, 0.6) is 0 Å². The fraction of sp³-hybridized carbons (Fsp3) is 0.869. The van der Waals surface area contributed by atoms with Gasteiger partial charge in [-0.05, 0) is 77.0 Å². The van der Waals surface area contributed by atoms with Crippen LogP contribution in [-0.4, -0.2) is 82.3 Å². The lowest BCUT2D eigenvalue weighted by Crippen LogP contribution is -2.44. The van der Waals surface area contributed by atoms with E-state index in [4.69, 9.17) is 18.9 Å². The van der Waals surface area contributed by atoms with Gasteiger partial charge in [0.25, 0.3) is 0 Å². The molecule has 9 heteroatoms. The number of carbonyl (C=O) groups is 3. The Hall–Kier alpha value is -2.75. The van der Waals surface area contributed by atoms with E-state index >= 15 is 0 Å². The van der Waals surface area contributed by atoms with E-state index in [0.29, 0.717) is 17.4 Å². The molecule has 9 nitrogen and oxygen atoms in total. The minimum atomic E-state index is -1.62. The molecule has 0 fully saturated rings. The van der Waals surface area contributed by atoms with Crippen molar-refractivity contribution in [3.63, 3.8) is 0 Å². The van der Waals surface area contributed by atoms with Gasteiger partial charge in [0.1, 0.15) is 13.2 Å². The van der Waals surface area contributed by atoms with E-state index < -0.39 is 24.3 Å². The molecule has 0 saturated heterocycles. The van der Waals surface area contributed by atoms with E-state index in [9.17, 15) is 19.5 Å². The van der Waals surface area contributed by atoms with Crippen molar-refractivity contribution in [2.24, 2.45) is 0 Å². The molecule has 0 bridgehead atoms. The fourth-order valence-electron chi connectivity index (χ4n) is 12.3. The number of ether oxygens (including phenoxy) is 4. The molecule has 0 aliphatic heterocycles. The van der Waals surface area contributed by atoms with Gasteiger partial charge >= 0.3 is 11.9 Å². The summed E-state index contributed by atoms with van der Waals surface area (Å²) in [6.07, 6.45) is 95.3. The number of esters is 2. The normalized spacial score (nSPS) is 12.8. The SMILES string of the molecule is CCCCCCC/C=C\C/C=C\CCCCCCCCCCCCCCCCCCCCCCCCCC(=O)OC(COC(=O)CCCCCCCCCCCCCCCCCCCCCCC/C=C\C/C=C\CCCCCCC)COC(OCC[N+](C)(C)C)C(=O)[O-]. The van der Waals surface area contributed by atoms with Gasteiger partial charge in [-0.25, -0.2) is 0 Å². The minimum Gasteiger partial charge on any atom is -0.545 e. The zero-order chi connectivity index (χ0) is 67.5. The van der Waals surface area contributed by atoms with Crippen molar-refractivity contribution in [3.05, 3.63) is 48.6 Å². The highest BCUT2D eigenvalue weighted by atomic mass is 16.7. The molecule has 0 aliphatic rings. The van der Waals surface area contributed by atoms with Crippen LogP contribution in [0.25, 0.3) is 0 Å². The molecule has 0 aromatic heterocycles. The van der Waals surface area contributed by atoms with E-state index in [1.807, 2.05) is 21.1 Å². The lowest BCUT2D eigenvalue weighted by atomic mass is 10.0. The summed E-state index contributed by atoms with van der Waals surface area (Å²) in [6.45, 7) is 4.80. The average Bonchev–Trinajstić information content (AvgIpc) is 3.74. The summed E-state index contributed by atoms with van der Waals surface area (Å²) < 4.78 is 22.9. The standard InChI is InChI=1S/C84H157NO8/c1-6-8-10-12-14-16-18-20-22-24-26-28-30-32-34-36-38-40-41-43-45-47-49-51-53-55-57-59-61-63-65-67-69-71-73-75-82(87)93-80(79-92-84(83(88)89)90-77-76-85(3,4)5)78-91-81(86)74-72-70-68-66-64-62-60-58-56-54-52-50-48-46-44-42-39-37-35-33-31-29-27-25-23-21-19-17-15-13-11-9-7-2/h18-21,24-27,80,84H,6-17,22-23,28-79H2,1-5H3/b20-18-,21-19-,26-24-,27-25-. The smallest absolute Gasteiger partial charge is 0.306 e. The lowest BCUT2D eigenvalue weighted by molar-refractivity contribution is -0.870. The molecule has 93 heavy (non-hydrogen) atoms. The van der Waals surface area contributed by atoms with Crippen molar-refractivity contribution >= 4 is 17.9 Å². The highest BCUT2D eigenvalue weighted by molar-refractivity contribution is 5.70. The van der Waals surface area contributed by atoms with Gasteiger partial charge in [0.05, 0.1) is 40.3 Å². The third kappa shape index (κ3) is 76.5. The summed E-state index contributed by atoms with van der Waals surface area (Å²) in [5.74, 6) is -2.25. The van der Waals surface area contributed by atoms with Gasteiger partial charge in [0.15, 0.2) is 12.4 Å². The van der Waals surface area contributed by atoms with Crippen molar-refractivity contribution in [1.29, 1.82) is 0 Å². The number of allylic oxidation sites excluding steroid dienone is 8. The second-order valence-electron chi connectivity index (χ2n) is 29.1. The molecule has 0 spiro atoms. The largest absolute Gasteiger partial charge is 0.545 e. The second kappa shape index (κ2) is 75.0. The van der Waals surface area contributed by atoms with Gasteiger partial charge < -0.3 is 33.3 Å². The van der Waals surface area contributed by atoms with Crippen molar-refractivity contribution in [1.82, 2.24) is 0 Å². The molecule has 0 radical (unpaired) electrons. The van der Waals surface area contributed by atoms with Crippen LogP contribution in [0.3, 0.4) is 0 Å². The zero-order valence-corrected chi connectivity index (χ0v) is 62.7. The monoisotopic (exact) mass is 1310 g/mol. The number of carboxylic acids is 1. The maximum atomic E-state index is 13.0. The predicted octanol–water partition coefficient (Wildman–Crippen LogP) is 24.7. The summed E-state index contributed by atoms with van der Waals surface area (Å²) in [6, 6.07) is 0. The molecular weight excluding hydrogens is 1150 g/mol. The number of aliphatic carboxylic acids is 1. The van der Waals surface area contributed by atoms with Gasteiger partial charge in [0.2, 0.25) is 0 Å². The van der Waals surface area contributed by atoms with Gasteiger partial charge in [-0.15, -0.1) is 0 Å². The molecule has 0 aromatic carbocycles. The first kappa shape index (κ1) is 90.2. The number of carbonyl (C=O) groups excluding carboxylic acids is 3. The van der Waals surface area contributed by atoms with E-state index in [0.717, 1.165) is 51.4 Å². The molecule has 546 valence electrons. The molecule has 0 aliphatic carbocycles. The van der Waals surface area contributed by atoms with Crippen molar-refractivity contribution in [3.8, 4) is 0 Å². The zero-order valence-electron chi connectivity index (χ0n) is 62.7. The van der Waals surface area contributed by atoms with Crippen LogP contribution in [0.15, 0.2) is 48.6 Å². The summed E-state index contributed by atoms with van der Waals surface area (Å²) in [5, 5.41) is 11.9. The number of hydrogen-bond donors (Lipinski definition) is 0. The van der Waals surface area contributed by atoms with E-state index in [2.05, 4.69) is 62.5 Å². The highest BCUT2D eigenvalue weighted by Crippen LogP contribution is 2.20. The predicted molar refractivity (Wildman–Crippen MR) is 399 cm³/mol. The summed E-state index contributed by atoms with van der Waals surface area (Å²) in [4.78, 5) is 37.6. The lowest BCUT2D eigenvalue weighted by Gasteiger charge is -2.26. The maximum Gasteiger partial charge on any atom is 0.306 e. The Morgan fingerprint density at radius 2 is 0.581 bits per heavy atom. The Kier molecular flexibility index (Phi) is 72.8. The second-order valence-corrected chi connectivity index (χ2v) is 29.1. The summed E-state index contributed by atoms with van der Waals surface area (Å²) >= 11 is 0. The fourth-order valence-corrected chi connectivity index (χ4v) is 12.3. The average molecular weight is 1310 g/mol.